The van der Waals surface area contributed by atoms with Gasteiger partial charge in [-0.2, -0.15) is 0 Å². The fourth-order valence-electron chi connectivity index (χ4n) is 1.85. The fraction of sp³-hybridized carbons (Fsp3) is 0.462. The number of hydrogen-bond acceptors (Lipinski definition) is 3. The second kappa shape index (κ2) is 4.96. The lowest BCUT2D eigenvalue weighted by molar-refractivity contribution is 0.402. The van der Waals surface area contributed by atoms with Crippen LogP contribution in [0, 0.1) is 0 Å². The number of benzene rings is 1. The van der Waals surface area contributed by atoms with Gasteiger partial charge in [0.05, 0.1) is 11.0 Å². The number of nitrogens with one attached hydrogen (secondary N) is 3. The molecule has 0 radical (unpaired) electrons. The number of rotatable bonds is 5. The summed E-state index contributed by atoms with van der Waals surface area (Å²) in [5.41, 5.74) is 8.35. The Bertz CT molecular complexity index is 582. The van der Waals surface area contributed by atoms with Crippen LogP contribution in [0.3, 0.4) is 0 Å². The van der Waals surface area contributed by atoms with E-state index in [1.807, 2.05) is 18.2 Å². The monoisotopic (exact) mass is 248 g/mol. The number of nitrogens with two attached hydrogens (primary N) is 1. The first-order valence-corrected chi connectivity index (χ1v) is 6.16. The molecule has 5 N–H and O–H groups in total. The van der Waals surface area contributed by atoms with Gasteiger partial charge < -0.3 is 21.0 Å². The lowest BCUT2D eigenvalue weighted by Crippen LogP contribution is -2.46. The number of imidazole rings is 1. The SMILES string of the molecule is CC(C)(CN)NCCc1ccc2[nH]c(=O)[nH]c2c1. The molecule has 0 fully saturated rings. The summed E-state index contributed by atoms with van der Waals surface area (Å²) in [7, 11) is 0. The van der Waals surface area contributed by atoms with Crippen molar-refractivity contribution in [3.05, 3.63) is 34.2 Å². The van der Waals surface area contributed by atoms with Crippen molar-refractivity contribution < 1.29 is 0 Å². The molecule has 0 aliphatic carbocycles. The molecule has 0 atom stereocenters. The Kier molecular flexibility index (Phi) is 3.54. The third-order valence-electron chi connectivity index (χ3n) is 3.11. The van der Waals surface area contributed by atoms with Crippen molar-refractivity contribution in [1.82, 2.24) is 15.3 Å². The highest BCUT2D eigenvalue weighted by Gasteiger charge is 2.13. The molecule has 2 rings (SSSR count). The van der Waals surface area contributed by atoms with Crippen molar-refractivity contribution in [3.63, 3.8) is 0 Å². The predicted molar refractivity (Wildman–Crippen MR) is 73.8 cm³/mol. The van der Waals surface area contributed by atoms with Gasteiger partial charge in [0.2, 0.25) is 0 Å². The van der Waals surface area contributed by atoms with Gasteiger partial charge in [-0.05, 0) is 44.5 Å². The second-order valence-electron chi connectivity index (χ2n) is 5.22. The summed E-state index contributed by atoms with van der Waals surface area (Å²) >= 11 is 0. The van der Waals surface area contributed by atoms with E-state index in [1.165, 1.54) is 5.56 Å². The zero-order chi connectivity index (χ0) is 13.2. The minimum Gasteiger partial charge on any atom is -0.329 e. The third kappa shape index (κ3) is 3.00. The molecule has 5 heteroatoms. The van der Waals surface area contributed by atoms with Crippen molar-refractivity contribution in [2.45, 2.75) is 25.8 Å². The van der Waals surface area contributed by atoms with Gasteiger partial charge >= 0.3 is 5.69 Å². The van der Waals surface area contributed by atoms with Crippen LogP contribution in [-0.2, 0) is 6.42 Å². The Morgan fingerprint density at radius 1 is 1.28 bits per heavy atom. The smallest absolute Gasteiger partial charge is 0.323 e. The van der Waals surface area contributed by atoms with Gasteiger partial charge in [-0.1, -0.05) is 6.07 Å². The van der Waals surface area contributed by atoms with E-state index in [4.69, 9.17) is 5.73 Å². The number of hydrogen-bond donors (Lipinski definition) is 4. The van der Waals surface area contributed by atoms with Gasteiger partial charge in [-0.25, -0.2) is 4.79 Å². The highest BCUT2D eigenvalue weighted by molar-refractivity contribution is 5.74. The molecule has 0 bridgehead atoms. The zero-order valence-corrected chi connectivity index (χ0v) is 10.8. The summed E-state index contributed by atoms with van der Waals surface area (Å²) in [5.74, 6) is 0. The third-order valence-corrected chi connectivity index (χ3v) is 3.11. The van der Waals surface area contributed by atoms with Crippen LogP contribution in [0.5, 0.6) is 0 Å². The normalized spacial score (nSPS) is 12.2. The van der Waals surface area contributed by atoms with Crippen LogP contribution >= 0.6 is 0 Å². The summed E-state index contributed by atoms with van der Waals surface area (Å²) < 4.78 is 0. The van der Waals surface area contributed by atoms with E-state index >= 15 is 0 Å². The molecule has 18 heavy (non-hydrogen) atoms. The predicted octanol–water partition coefficient (Wildman–Crippen LogP) is 0.726. The number of aromatic nitrogens is 2. The van der Waals surface area contributed by atoms with E-state index in [0.717, 1.165) is 24.0 Å². The Labute approximate surface area is 106 Å². The van der Waals surface area contributed by atoms with Gasteiger partial charge in [-0.15, -0.1) is 0 Å². The molecule has 0 unspecified atom stereocenters. The van der Waals surface area contributed by atoms with Crippen LogP contribution < -0.4 is 16.7 Å². The van der Waals surface area contributed by atoms with Gasteiger partial charge in [0.1, 0.15) is 0 Å². The topological polar surface area (TPSA) is 86.7 Å². The number of fused-ring (bicyclic) bond motifs is 1. The highest BCUT2D eigenvalue weighted by atomic mass is 16.1. The highest BCUT2D eigenvalue weighted by Crippen LogP contribution is 2.10. The molecule has 0 saturated heterocycles. The molecule has 98 valence electrons. The number of aromatic amines is 2. The molecular weight excluding hydrogens is 228 g/mol. The first kappa shape index (κ1) is 12.9. The van der Waals surface area contributed by atoms with Gasteiger partial charge in [0, 0.05) is 12.1 Å². The number of H-pyrrole nitrogens is 2. The summed E-state index contributed by atoms with van der Waals surface area (Å²) in [6.45, 7) is 5.64. The van der Waals surface area contributed by atoms with E-state index in [9.17, 15) is 4.79 Å². The molecule has 0 saturated carbocycles. The summed E-state index contributed by atoms with van der Waals surface area (Å²) in [4.78, 5) is 16.6. The molecule has 1 heterocycles. The molecule has 0 amide bonds. The minimum absolute atomic E-state index is 0.0352. The van der Waals surface area contributed by atoms with E-state index in [0.29, 0.717) is 6.54 Å². The van der Waals surface area contributed by atoms with Crippen molar-refractivity contribution in [3.8, 4) is 0 Å². The maximum Gasteiger partial charge on any atom is 0.323 e. The van der Waals surface area contributed by atoms with Crippen molar-refractivity contribution >= 4 is 11.0 Å². The molecule has 0 aliphatic heterocycles. The van der Waals surface area contributed by atoms with Crippen LogP contribution in [0.2, 0.25) is 0 Å². The average Bonchev–Trinajstić information content (AvgIpc) is 2.68. The standard InChI is InChI=1S/C13H20N4O/c1-13(2,8-14)15-6-5-9-3-4-10-11(7-9)17-12(18)16-10/h3-4,7,15H,5-6,8,14H2,1-2H3,(H2,16,17,18). The fourth-order valence-corrected chi connectivity index (χ4v) is 1.85. The quantitative estimate of drug-likeness (QED) is 0.629. The molecule has 1 aromatic carbocycles. The van der Waals surface area contributed by atoms with Crippen molar-refractivity contribution in [2.75, 3.05) is 13.1 Å². The zero-order valence-electron chi connectivity index (χ0n) is 10.8. The van der Waals surface area contributed by atoms with Crippen LogP contribution in [0.1, 0.15) is 19.4 Å². The van der Waals surface area contributed by atoms with Crippen LogP contribution in [-0.4, -0.2) is 28.6 Å². The molecule has 0 aliphatic rings. The first-order valence-electron chi connectivity index (χ1n) is 6.16. The molecular formula is C13H20N4O. The molecule has 2 aromatic rings. The lowest BCUT2D eigenvalue weighted by Gasteiger charge is -2.24. The van der Waals surface area contributed by atoms with Crippen molar-refractivity contribution in [1.29, 1.82) is 0 Å². The molecule has 1 aromatic heterocycles. The molecule has 5 nitrogen and oxygen atoms in total. The largest absolute Gasteiger partial charge is 0.329 e. The maximum atomic E-state index is 11.1. The van der Waals surface area contributed by atoms with Crippen molar-refractivity contribution in [2.24, 2.45) is 5.73 Å². The average molecular weight is 248 g/mol. The van der Waals surface area contributed by atoms with Gasteiger partial charge in [-0.3, -0.25) is 0 Å². The summed E-state index contributed by atoms with van der Waals surface area (Å²) in [6.07, 6.45) is 0.909. The Morgan fingerprint density at radius 3 is 2.72 bits per heavy atom. The first-order chi connectivity index (χ1) is 8.50. The summed E-state index contributed by atoms with van der Waals surface area (Å²) in [5, 5.41) is 3.41. The van der Waals surface area contributed by atoms with Crippen LogP contribution in [0.25, 0.3) is 11.0 Å². The Balaban J connectivity index is 2.01. The maximum absolute atomic E-state index is 11.1. The van der Waals surface area contributed by atoms with Gasteiger partial charge in [0.25, 0.3) is 0 Å². The van der Waals surface area contributed by atoms with E-state index < -0.39 is 0 Å². The van der Waals surface area contributed by atoms with E-state index in [-0.39, 0.29) is 11.2 Å². The van der Waals surface area contributed by atoms with Gasteiger partial charge in [0.15, 0.2) is 0 Å². The van der Waals surface area contributed by atoms with E-state index in [1.54, 1.807) is 0 Å². The van der Waals surface area contributed by atoms with Crippen LogP contribution in [0.4, 0.5) is 0 Å². The summed E-state index contributed by atoms with van der Waals surface area (Å²) in [6, 6.07) is 5.96. The van der Waals surface area contributed by atoms with Crippen LogP contribution in [0.15, 0.2) is 23.0 Å². The lowest BCUT2D eigenvalue weighted by atomic mass is 10.1. The Morgan fingerprint density at radius 2 is 2.00 bits per heavy atom. The Hall–Kier alpha value is -1.59. The molecule has 0 spiro atoms. The second-order valence-corrected chi connectivity index (χ2v) is 5.22. The minimum atomic E-state index is -0.162. The van der Waals surface area contributed by atoms with E-state index in [2.05, 4.69) is 29.1 Å².